The predicted octanol–water partition coefficient (Wildman–Crippen LogP) is 2.82. The summed E-state index contributed by atoms with van der Waals surface area (Å²) in [4.78, 5) is 41.6. The third kappa shape index (κ3) is 3.41. The Kier molecular flexibility index (Phi) is 4.59. The van der Waals surface area contributed by atoms with E-state index in [1.165, 1.54) is 23.2 Å². The molecule has 1 aliphatic heterocycles. The Morgan fingerprint density at radius 2 is 1.92 bits per heavy atom. The molecular weight excluding hydrogens is 340 g/mol. The topological polar surface area (TPSA) is 87.6 Å². The van der Waals surface area contributed by atoms with Crippen LogP contribution in [0.15, 0.2) is 41.6 Å². The minimum atomic E-state index is -1.11. The SMILES string of the molecule is Cc1cc(C)cc(N2C(=O)CC(Sc3ncccc3C(=O)O)C2=O)c1. The smallest absolute Gasteiger partial charge is 0.338 e. The lowest BCUT2D eigenvalue weighted by Gasteiger charge is -2.16. The number of pyridine rings is 1. The highest BCUT2D eigenvalue weighted by molar-refractivity contribution is 8.00. The van der Waals surface area contributed by atoms with Crippen molar-refractivity contribution in [2.24, 2.45) is 0 Å². The monoisotopic (exact) mass is 356 g/mol. The van der Waals surface area contributed by atoms with E-state index in [1.807, 2.05) is 19.9 Å². The molecule has 1 saturated heterocycles. The fourth-order valence-corrected chi connectivity index (χ4v) is 3.94. The van der Waals surface area contributed by atoms with E-state index in [9.17, 15) is 19.5 Å². The summed E-state index contributed by atoms with van der Waals surface area (Å²) in [6.45, 7) is 3.81. The summed E-state index contributed by atoms with van der Waals surface area (Å²) in [6.07, 6.45) is 1.49. The van der Waals surface area contributed by atoms with E-state index in [0.717, 1.165) is 22.9 Å². The summed E-state index contributed by atoms with van der Waals surface area (Å²) in [6, 6.07) is 8.50. The molecule has 1 fully saturated rings. The zero-order valence-corrected chi connectivity index (χ0v) is 14.5. The lowest BCUT2D eigenvalue weighted by Crippen LogP contribution is -2.31. The molecule has 0 aliphatic carbocycles. The Labute approximate surface area is 148 Å². The third-order valence-electron chi connectivity index (χ3n) is 3.83. The molecule has 1 aliphatic rings. The largest absolute Gasteiger partial charge is 0.478 e. The number of aryl methyl sites for hydroxylation is 2. The van der Waals surface area contributed by atoms with Gasteiger partial charge in [-0.1, -0.05) is 17.8 Å². The van der Waals surface area contributed by atoms with Gasteiger partial charge in [0.1, 0.15) is 5.03 Å². The van der Waals surface area contributed by atoms with Gasteiger partial charge in [0.05, 0.1) is 16.5 Å². The Bertz CT molecular complexity index is 861. The first-order chi connectivity index (χ1) is 11.9. The van der Waals surface area contributed by atoms with Crippen molar-refractivity contribution in [2.45, 2.75) is 30.5 Å². The number of hydrogen-bond acceptors (Lipinski definition) is 5. The molecule has 1 N–H and O–H groups in total. The van der Waals surface area contributed by atoms with E-state index in [-0.39, 0.29) is 28.8 Å². The molecule has 1 atom stereocenters. The second-order valence-electron chi connectivity index (χ2n) is 5.89. The molecule has 2 heterocycles. The number of carbonyl (C=O) groups is 3. The van der Waals surface area contributed by atoms with Crippen LogP contribution in [0.3, 0.4) is 0 Å². The van der Waals surface area contributed by atoms with Crippen LogP contribution in [0.4, 0.5) is 5.69 Å². The van der Waals surface area contributed by atoms with E-state index in [1.54, 1.807) is 12.1 Å². The van der Waals surface area contributed by atoms with Gasteiger partial charge in [-0.2, -0.15) is 0 Å². The Hall–Kier alpha value is -2.67. The number of anilines is 1. The fraction of sp³-hybridized carbons (Fsp3) is 0.222. The zero-order valence-electron chi connectivity index (χ0n) is 13.7. The molecule has 0 saturated carbocycles. The molecule has 1 aromatic carbocycles. The van der Waals surface area contributed by atoms with E-state index in [0.29, 0.717) is 5.69 Å². The van der Waals surface area contributed by atoms with Crippen molar-refractivity contribution in [3.05, 3.63) is 53.2 Å². The second-order valence-corrected chi connectivity index (χ2v) is 7.08. The minimum Gasteiger partial charge on any atom is -0.478 e. The Morgan fingerprint density at radius 3 is 2.56 bits per heavy atom. The highest BCUT2D eigenvalue weighted by atomic mass is 32.2. The number of amides is 2. The maximum atomic E-state index is 12.7. The predicted molar refractivity (Wildman–Crippen MR) is 93.9 cm³/mol. The third-order valence-corrected chi connectivity index (χ3v) is 5.03. The molecule has 25 heavy (non-hydrogen) atoms. The Morgan fingerprint density at radius 1 is 1.24 bits per heavy atom. The van der Waals surface area contributed by atoms with Gasteiger partial charge < -0.3 is 5.11 Å². The van der Waals surface area contributed by atoms with Gasteiger partial charge >= 0.3 is 5.97 Å². The quantitative estimate of drug-likeness (QED) is 0.848. The number of rotatable bonds is 4. The van der Waals surface area contributed by atoms with Crippen LogP contribution in [0.5, 0.6) is 0 Å². The van der Waals surface area contributed by atoms with Crippen LogP contribution in [-0.2, 0) is 9.59 Å². The standard InChI is InChI=1S/C18H16N2O4S/c1-10-6-11(2)8-12(7-10)20-15(21)9-14(17(20)22)25-16-13(18(23)24)4-3-5-19-16/h3-8,14H,9H2,1-2H3,(H,23,24). The van der Waals surface area contributed by atoms with Crippen molar-refractivity contribution in [1.82, 2.24) is 4.98 Å². The first kappa shape index (κ1) is 17.2. The first-order valence-corrected chi connectivity index (χ1v) is 8.55. The van der Waals surface area contributed by atoms with Crippen LogP contribution < -0.4 is 4.90 Å². The Balaban J connectivity index is 1.88. The van der Waals surface area contributed by atoms with E-state index < -0.39 is 11.2 Å². The van der Waals surface area contributed by atoms with Crippen LogP contribution in [-0.4, -0.2) is 33.1 Å². The van der Waals surface area contributed by atoms with E-state index in [4.69, 9.17) is 0 Å². The van der Waals surface area contributed by atoms with Crippen LogP contribution in [0.1, 0.15) is 27.9 Å². The maximum absolute atomic E-state index is 12.7. The van der Waals surface area contributed by atoms with Gasteiger partial charge in [0, 0.05) is 12.6 Å². The van der Waals surface area contributed by atoms with E-state index >= 15 is 0 Å². The number of aromatic carboxylic acids is 1. The molecule has 0 spiro atoms. The van der Waals surface area contributed by atoms with Crippen LogP contribution in [0.2, 0.25) is 0 Å². The highest BCUT2D eigenvalue weighted by Gasteiger charge is 2.41. The summed E-state index contributed by atoms with van der Waals surface area (Å²) >= 11 is 1.02. The number of benzene rings is 1. The van der Waals surface area contributed by atoms with Crippen molar-refractivity contribution >= 4 is 35.2 Å². The number of thioether (sulfide) groups is 1. The second kappa shape index (κ2) is 6.68. The van der Waals surface area contributed by atoms with Crippen LogP contribution in [0, 0.1) is 13.8 Å². The van der Waals surface area contributed by atoms with E-state index in [2.05, 4.69) is 4.98 Å². The first-order valence-electron chi connectivity index (χ1n) is 7.67. The number of carboxylic acid groups (broad SMARTS) is 1. The lowest BCUT2D eigenvalue weighted by atomic mass is 10.1. The number of aromatic nitrogens is 1. The van der Waals surface area contributed by atoms with Gasteiger partial charge in [-0.15, -0.1) is 0 Å². The average molecular weight is 356 g/mol. The maximum Gasteiger partial charge on any atom is 0.338 e. The molecule has 2 aromatic rings. The van der Waals surface area contributed by atoms with Crippen LogP contribution >= 0.6 is 11.8 Å². The van der Waals surface area contributed by atoms with Gasteiger partial charge in [-0.3, -0.25) is 9.59 Å². The number of imide groups is 1. The molecule has 1 unspecified atom stereocenters. The summed E-state index contributed by atoms with van der Waals surface area (Å²) < 4.78 is 0. The molecular formula is C18H16N2O4S. The molecule has 7 heteroatoms. The summed E-state index contributed by atoms with van der Waals surface area (Å²) in [7, 11) is 0. The van der Waals surface area contributed by atoms with Crippen molar-refractivity contribution in [3.8, 4) is 0 Å². The van der Waals surface area contributed by atoms with Gasteiger partial charge in [0.15, 0.2) is 0 Å². The van der Waals surface area contributed by atoms with Crippen LogP contribution in [0.25, 0.3) is 0 Å². The zero-order chi connectivity index (χ0) is 18.1. The van der Waals surface area contributed by atoms with Crippen molar-refractivity contribution in [2.75, 3.05) is 4.90 Å². The number of carboxylic acids is 1. The van der Waals surface area contributed by atoms with Crippen molar-refractivity contribution in [3.63, 3.8) is 0 Å². The normalized spacial score (nSPS) is 17.2. The number of carbonyl (C=O) groups excluding carboxylic acids is 2. The van der Waals surface area contributed by atoms with Crippen molar-refractivity contribution in [1.29, 1.82) is 0 Å². The number of hydrogen-bond donors (Lipinski definition) is 1. The number of nitrogens with zero attached hydrogens (tertiary/aromatic N) is 2. The highest BCUT2D eigenvalue weighted by Crippen LogP contribution is 2.35. The summed E-state index contributed by atoms with van der Waals surface area (Å²) in [5.41, 5.74) is 2.50. The minimum absolute atomic E-state index is 0.0200. The summed E-state index contributed by atoms with van der Waals surface area (Å²) in [5.74, 6) is -1.75. The summed E-state index contributed by atoms with van der Waals surface area (Å²) in [5, 5.41) is 8.79. The van der Waals surface area contributed by atoms with Gasteiger partial charge in [0.2, 0.25) is 11.8 Å². The molecule has 3 rings (SSSR count). The van der Waals surface area contributed by atoms with Crippen molar-refractivity contribution < 1.29 is 19.5 Å². The van der Waals surface area contributed by atoms with Gasteiger partial charge in [-0.05, 0) is 49.2 Å². The van der Waals surface area contributed by atoms with Gasteiger partial charge in [-0.25, -0.2) is 14.7 Å². The molecule has 128 valence electrons. The lowest BCUT2D eigenvalue weighted by molar-refractivity contribution is -0.121. The molecule has 0 radical (unpaired) electrons. The molecule has 6 nitrogen and oxygen atoms in total. The average Bonchev–Trinajstić information content (AvgIpc) is 2.80. The molecule has 1 aromatic heterocycles. The fourth-order valence-electron chi connectivity index (χ4n) is 2.83. The molecule has 2 amide bonds. The molecule has 0 bridgehead atoms. The van der Waals surface area contributed by atoms with Gasteiger partial charge in [0.25, 0.3) is 0 Å².